The standard InChI is InChI=1S/C24H30ClN2O2PS/c1-15(2)10-18-14-27(17-8-6-5-7-9-17)22-13-20(25)19(12-23(22)31-30-18)21(26-4)11-16(3)24(28)29/h5-9,11-13,15,18,21,26,30H,10,14H2,1-4H3,(H,28,29)/b16-11+. The lowest BCUT2D eigenvalue weighted by molar-refractivity contribution is -0.132. The van der Waals surface area contributed by atoms with E-state index in [-0.39, 0.29) is 6.04 Å². The van der Waals surface area contributed by atoms with E-state index in [0.29, 0.717) is 22.2 Å². The third-order valence-corrected chi connectivity index (χ3v) is 9.09. The minimum Gasteiger partial charge on any atom is -0.478 e. The van der Waals surface area contributed by atoms with Crippen LogP contribution in [-0.4, -0.2) is 30.3 Å². The van der Waals surface area contributed by atoms with Crippen molar-refractivity contribution < 1.29 is 9.90 Å². The quantitative estimate of drug-likeness (QED) is 0.337. The van der Waals surface area contributed by atoms with Crippen LogP contribution in [0.3, 0.4) is 0 Å². The molecule has 0 radical (unpaired) electrons. The Balaban J connectivity index is 2.06. The number of aliphatic carboxylic acids is 1. The molecule has 0 aliphatic carbocycles. The van der Waals surface area contributed by atoms with Crippen LogP contribution in [0.25, 0.3) is 0 Å². The van der Waals surface area contributed by atoms with Crippen molar-refractivity contribution in [2.24, 2.45) is 5.92 Å². The van der Waals surface area contributed by atoms with Crippen LogP contribution in [0, 0.1) is 5.92 Å². The number of nitrogens with zero attached hydrogens (tertiary/aromatic N) is 1. The van der Waals surface area contributed by atoms with Gasteiger partial charge in [0.15, 0.2) is 0 Å². The molecule has 0 amide bonds. The molecule has 2 aromatic rings. The van der Waals surface area contributed by atoms with E-state index in [1.807, 2.05) is 30.6 Å². The smallest absolute Gasteiger partial charge is 0.331 e. The maximum Gasteiger partial charge on any atom is 0.331 e. The van der Waals surface area contributed by atoms with E-state index in [0.717, 1.165) is 25.6 Å². The highest BCUT2D eigenvalue weighted by Gasteiger charge is 2.26. The van der Waals surface area contributed by atoms with E-state index < -0.39 is 5.97 Å². The fourth-order valence-corrected chi connectivity index (χ4v) is 7.52. The fraction of sp³-hybridized carbons (Fsp3) is 0.375. The van der Waals surface area contributed by atoms with Gasteiger partial charge in [-0.3, -0.25) is 0 Å². The molecule has 1 aliphatic heterocycles. The number of anilines is 2. The second-order valence-corrected chi connectivity index (χ2v) is 11.7. The number of fused-ring (bicyclic) bond motifs is 1. The van der Waals surface area contributed by atoms with Crippen molar-refractivity contribution in [3.63, 3.8) is 0 Å². The zero-order chi connectivity index (χ0) is 22.5. The summed E-state index contributed by atoms with van der Waals surface area (Å²) in [6, 6.07) is 14.4. The number of likely N-dealkylation sites (N-methyl/N-ethyl adjacent to an activating group) is 1. The van der Waals surface area contributed by atoms with Gasteiger partial charge in [0.25, 0.3) is 0 Å². The Labute approximate surface area is 196 Å². The number of carboxylic acids is 1. The average molecular weight is 477 g/mol. The average Bonchev–Trinajstić information content (AvgIpc) is 2.91. The number of benzene rings is 2. The molecule has 4 nitrogen and oxygen atoms in total. The molecule has 0 saturated carbocycles. The molecule has 0 bridgehead atoms. The summed E-state index contributed by atoms with van der Waals surface area (Å²) in [4.78, 5) is 14.9. The molecule has 2 N–H and O–H groups in total. The summed E-state index contributed by atoms with van der Waals surface area (Å²) in [6.45, 7) is 7.13. The third-order valence-electron chi connectivity index (χ3n) is 5.33. The second-order valence-electron chi connectivity index (χ2n) is 8.26. The van der Waals surface area contributed by atoms with Crippen molar-refractivity contribution in [3.05, 3.63) is 64.7 Å². The number of carbonyl (C=O) groups is 1. The van der Waals surface area contributed by atoms with Crippen LogP contribution >= 0.6 is 30.8 Å². The molecule has 1 aliphatic rings. The summed E-state index contributed by atoms with van der Waals surface area (Å²) in [5, 5.41) is 13.1. The van der Waals surface area contributed by atoms with E-state index in [9.17, 15) is 9.90 Å². The first-order chi connectivity index (χ1) is 14.8. The molecule has 3 atom stereocenters. The lowest BCUT2D eigenvalue weighted by Crippen LogP contribution is -2.26. The minimum atomic E-state index is -0.922. The minimum absolute atomic E-state index is 0.266. The van der Waals surface area contributed by atoms with Crippen LogP contribution in [0.5, 0.6) is 0 Å². The van der Waals surface area contributed by atoms with E-state index >= 15 is 0 Å². The summed E-state index contributed by atoms with van der Waals surface area (Å²) >= 11 is 8.67. The third kappa shape index (κ3) is 6.04. The zero-order valence-corrected chi connectivity index (χ0v) is 20.9. The van der Waals surface area contributed by atoms with E-state index in [1.165, 1.54) is 17.0 Å². The number of carboxylic acid groups (broad SMARTS) is 1. The van der Waals surface area contributed by atoms with Gasteiger partial charge in [-0.25, -0.2) is 4.79 Å². The van der Waals surface area contributed by atoms with E-state index in [1.54, 1.807) is 13.0 Å². The van der Waals surface area contributed by atoms with Crippen molar-refractivity contribution >= 4 is 48.1 Å². The summed E-state index contributed by atoms with van der Waals surface area (Å²) in [5.74, 6) is -0.275. The molecule has 0 spiro atoms. The highest BCUT2D eigenvalue weighted by atomic mass is 35.5. The highest BCUT2D eigenvalue weighted by Crippen LogP contribution is 2.52. The van der Waals surface area contributed by atoms with Crippen molar-refractivity contribution in [1.82, 2.24) is 5.32 Å². The van der Waals surface area contributed by atoms with Gasteiger partial charge in [0, 0.05) is 33.4 Å². The van der Waals surface area contributed by atoms with Gasteiger partial charge >= 0.3 is 5.97 Å². The first-order valence-electron chi connectivity index (χ1n) is 10.5. The Hall–Kier alpha value is -1.52. The Kier molecular flexibility index (Phi) is 8.46. The van der Waals surface area contributed by atoms with Crippen LogP contribution < -0.4 is 10.2 Å². The molecule has 7 heteroatoms. The lowest BCUT2D eigenvalue weighted by Gasteiger charge is -2.29. The van der Waals surface area contributed by atoms with Gasteiger partial charge < -0.3 is 15.3 Å². The zero-order valence-electron chi connectivity index (χ0n) is 18.4. The van der Waals surface area contributed by atoms with Crippen LogP contribution in [0.4, 0.5) is 11.4 Å². The summed E-state index contributed by atoms with van der Waals surface area (Å²) in [7, 11) is 2.58. The largest absolute Gasteiger partial charge is 0.478 e. The van der Waals surface area contributed by atoms with Crippen LogP contribution in [0.2, 0.25) is 5.02 Å². The molecule has 0 aromatic heterocycles. The van der Waals surface area contributed by atoms with Gasteiger partial charge in [0.1, 0.15) is 0 Å². The van der Waals surface area contributed by atoms with Crippen molar-refractivity contribution in [2.75, 3.05) is 18.5 Å². The number of hydrogen-bond acceptors (Lipinski definition) is 4. The highest BCUT2D eigenvalue weighted by molar-refractivity contribution is 8.49. The molecule has 3 rings (SSSR count). The van der Waals surface area contributed by atoms with E-state index in [4.69, 9.17) is 11.6 Å². The van der Waals surface area contributed by atoms with Crippen molar-refractivity contribution in [1.29, 1.82) is 0 Å². The molecule has 166 valence electrons. The predicted octanol–water partition coefficient (Wildman–Crippen LogP) is 6.88. The van der Waals surface area contributed by atoms with Crippen molar-refractivity contribution in [2.45, 2.75) is 43.8 Å². The number of para-hydroxylation sites is 1. The van der Waals surface area contributed by atoms with Crippen molar-refractivity contribution in [3.8, 4) is 0 Å². The van der Waals surface area contributed by atoms with Crippen LogP contribution in [-0.2, 0) is 4.79 Å². The Morgan fingerprint density at radius 1 is 1.35 bits per heavy atom. The molecule has 0 fully saturated rings. The van der Waals surface area contributed by atoms with Gasteiger partial charge in [-0.15, -0.1) is 0 Å². The van der Waals surface area contributed by atoms with Gasteiger partial charge in [-0.2, -0.15) is 0 Å². The summed E-state index contributed by atoms with van der Waals surface area (Å²) in [6.07, 6.45) is 2.90. The monoisotopic (exact) mass is 476 g/mol. The van der Waals surface area contributed by atoms with Crippen LogP contribution in [0.15, 0.2) is 59.0 Å². The number of hydrogen-bond donors (Lipinski definition) is 2. The maximum absolute atomic E-state index is 11.3. The summed E-state index contributed by atoms with van der Waals surface area (Å²) < 4.78 is 0. The first kappa shape index (κ1) is 24.1. The normalized spacial score (nSPS) is 18.7. The first-order valence-corrected chi connectivity index (χ1v) is 13.5. The molecule has 1 heterocycles. The SMILES string of the molecule is CNC(/C=C(\C)C(=O)O)c1cc2c(cc1Cl)N(c1ccccc1)CC(CC(C)C)PS2. The molecule has 31 heavy (non-hydrogen) atoms. The topological polar surface area (TPSA) is 52.6 Å². The fourth-order valence-electron chi connectivity index (χ4n) is 3.79. The molecule has 0 saturated heterocycles. The van der Waals surface area contributed by atoms with Gasteiger partial charge in [-0.05, 0) is 56.1 Å². The van der Waals surface area contributed by atoms with E-state index in [2.05, 4.69) is 54.4 Å². The summed E-state index contributed by atoms with van der Waals surface area (Å²) in [5.41, 5.74) is 4.07. The number of nitrogens with one attached hydrogen (secondary N) is 1. The number of rotatable bonds is 7. The molecule has 2 aromatic carbocycles. The predicted molar refractivity (Wildman–Crippen MR) is 136 cm³/mol. The Bertz CT molecular complexity index is 952. The Morgan fingerprint density at radius 2 is 2.06 bits per heavy atom. The molecular formula is C24H30ClN2O2PS. The molecular weight excluding hydrogens is 447 g/mol. The Morgan fingerprint density at radius 3 is 2.68 bits per heavy atom. The van der Waals surface area contributed by atoms with Crippen LogP contribution in [0.1, 0.15) is 38.8 Å². The van der Waals surface area contributed by atoms with Gasteiger partial charge in [-0.1, -0.05) is 68.9 Å². The van der Waals surface area contributed by atoms with Gasteiger partial charge in [0.2, 0.25) is 0 Å². The molecule has 3 unspecified atom stereocenters. The second kappa shape index (κ2) is 10.9. The van der Waals surface area contributed by atoms with Gasteiger partial charge in [0.05, 0.1) is 11.7 Å². The lowest BCUT2D eigenvalue weighted by atomic mass is 10.0. The maximum atomic E-state index is 11.3. The number of halogens is 1.